The third-order valence-corrected chi connectivity index (χ3v) is 5.70. The van der Waals surface area contributed by atoms with Crippen molar-refractivity contribution >= 4 is 64.0 Å². The summed E-state index contributed by atoms with van der Waals surface area (Å²) in [6.45, 7) is -0.537. The number of halogens is 2. The third-order valence-electron chi connectivity index (χ3n) is 3.80. The van der Waals surface area contributed by atoms with Crippen LogP contribution in [-0.2, 0) is 9.59 Å². The highest BCUT2D eigenvalue weighted by molar-refractivity contribution is 14.1. The lowest BCUT2D eigenvalue weighted by Gasteiger charge is -2.12. The number of ether oxygens (including phenoxy) is 2. The number of aliphatic carboxylic acids is 2. The van der Waals surface area contributed by atoms with Crippen LogP contribution in [0.5, 0.6) is 11.5 Å². The SMILES string of the molecule is COc1cc(/C=C(\Sc2nnc(-c3ccc(Cl)cc3)o2)C(=O)O)cc(I)c1OCC(=O)O. The molecule has 2 aromatic carbocycles. The van der Waals surface area contributed by atoms with Crippen molar-refractivity contribution in [2.75, 3.05) is 13.7 Å². The van der Waals surface area contributed by atoms with E-state index in [1.165, 1.54) is 19.3 Å². The van der Waals surface area contributed by atoms with Crippen LogP contribution in [0.15, 0.2) is 50.9 Å². The molecule has 0 radical (unpaired) electrons. The number of carboxylic acid groups (broad SMARTS) is 2. The van der Waals surface area contributed by atoms with E-state index in [0.29, 0.717) is 19.7 Å². The highest BCUT2D eigenvalue weighted by Crippen LogP contribution is 2.36. The molecule has 0 fully saturated rings. The lowest BCUT2D eigenvalue weighted by Crippen LogP contribution is -2.11. The Hall–Kier alpha value is -2.77. The molecule has 32 heavy (non-hydrogen) atoms. The first-order chi connectivity index (χ1) is 15.3. The summed E-state index contributed by atoms with van der Waals surface area (Å²) in [7, 11) is 1.40. The number of nitrogens with zero attached hydrogens (tertiary/aromatic N) is 2. The van der Waals surface area contributed by atoms with Crippen LogP contribution in [0.3, 0.4) is 0 Å². The summed E-state index contributed by atoms with van der Waals surface area (Å²) in [5.41, 5.74) is 1.14. The number of carboxylic acids is 2. The van der Waals surface area contributed by atoms with E-state index in [1.807, 2.05) is 22.6 Å². The monoisotopic (exact) mass is 588 g/mol. The molecular formula is C20H14ClIN2O7S. The number of hydrogen-bond donors (Lipinski definition) is 2. The van der Waals surface area contributed by atoms with Crippen molar-refractivity contribution in [3.8, 4) is 23.0 Å². The van der Waals surface area contributed by atoms with Gasteiger partial charge in [-0.25, -0.2) is 9.59 Å². The fourth-order valence-corrected chi connectivity index (χ4v) is 4.02. The number of carbonyl (C=O) groups is 2. The van der Waals surface area contributed by atoms with Gasteiger partial charge in [0.1, 0.15) is 4.91 Å². The first-order valence-corrected chi connectivity index (χ1v) is 11.0. The van der Waals surface area contributed by atoms with Gasteiger partial charge in [-0.2, -0.15) is 0 Å². The molecule has 0 aliphatic rings. The second kappa shape index (κ2) is 10.7. The number of aromatic nitrogens is 2. The van der Waals surface area contributed by atoms with E-state index < -0.39 is 18.5 Å². The Labute approximate surface area is 204 Å². The van der Waals surface area contributed by atoms with Gasteiger partial charge in [0.15, 0.2) is 18.1 Å². The van der Waals surface area contributed by atoms with Crippen LogP contribution in [0, 0.1) is 3.57 Å². The Kier molecular flexibility index (Phi) is 7.99. The Balaban J connectivity index is 1.86. The molecular weight excluding hydrogens is 575 g/mol. The van der Waals surface area contributed by atoms with Crippen LogP contribution in [0.4, 0.5) is 0 Å². The zero-order chi connectivity index (χ0) is 23.3. The Morgan fingerprint density at radius 2 is 1.94 bits per heavy atom. The molecule has 0 amide bonds. The number of rotatable bonds is 9. The summed E-state index contributed by atoms with van der Waals surface area (Å²) in [4.78, 5) is 22.5. The maximum absolute atomic E-state index is 11.8. The average molecular weight is 589 g/mol. The standard InChI is InChI=1S/C20H14ClIN2O7S/c1-29-14-7-10(6-13(22)17(14)30-9-16(25)26)8-15(19(27)28)32-20-24-23-18(31-20)11-2-4-12(21)5-3-11/h2-8H,9H2,1H3,(H,25,26)(H,27,28)/b15-8-. The van der Waals surface area contributed by atoms with E-state index in [4.69, 9.17) is 30.6 Å². The van der Waals surface area contributed by atoms with Crippen LogP contribution < -0.4 is 9.47 Å². The van der Waals surface area contributed by atoms with Crippen molar-refractivity contribution < 1.29 is 33.7 Å². The van der Waals surface area contributed by atoms with Crippen LogP contribution in [0.2, 0.25) is 5.02 Å². The average Bonchev–Trinajstić information content (AvgIpc) is 3.21. The first-order valence-electron chi connectivity index (χ1n) is 8.71. The molecule has 12 heteroatoms. The third kappa shape index (κ3) is 6.14. The van der Waals surface area contributed by atoms with Crippen LogP contribution in [-0.4, -0.2) is 46.1 Å². The predicted molar refractivity (Wildman–Crippen MR) is 125 cm³/mol. The van der Waals surface area contributed by atoms with E-state index in [2.05, 4.69) is 10.2 Å². The van der Waals surface area contributed by atoms with E-state index in [0.717, 1.165) is 11.8 Å². The van der Waals surface area contributed by atoms with Gasteiger partial charge in [0.25, 0.3) is 5.22 Å². The molecule has 0 atom stereocenters. The summed E-state index contributed by atoms with van der Waals surface area (Å²) in [5, 5.41) is 26.9. The number of hydrogen-bond acceptors (Lipinski definition) is 8. The van der Waals surface area contributed by atoms with Crippen molar-refractivity contribution in [1.82, 2.24) is 10.2 Å². The molecule has 2 N–H and O–H groups in total. The number of benzene rings is 2. The van der Waals surface area contributed by atoms with E-state index in [1.54, 1.807) is 30.3 Å². The molecule has 1 heterocycles. The van der Waals surface area contributed by atoms with Crippen LogP contribution >= 0.6 is 46.0 Å². The maximum Gasteiger partial charge on any atom is 0.342 e. The van der Waals surface area contributed by atoms with Crippen molar-refractivity contribution in [2.24, 2.45) is 0 Å². The second-order valence-electron chi connectivity index (χ2n) is 6.01. The molecule has 0 aliphatic carbocycles. The summed E-state index contributed by atoms with van der Waals surface area (Å²) in [6.07, 6.45) is 1.41. The van der Waals surface area contributed by atoms with Gasteiger partial charge in [-0.05, 0) is 82.4 Å². The van der Waals surface area contributed by atoms with Gasteiger partial charge in [0.05, 0.1) is 10.7 Å². The molecule has 3 aromatic rings. The van der Waals surface area contributed by atoms with Crippen molar-refractivity contribution in [3.05, 3.63) is 55.5 Å². The van der Waals surface area contributed by atoms with Gasteiger partial charge in [0, 0.05) is 10.6 Å². The Bertz CT molecular complexity index is 1180. The molecule has 0 unspecified atom stereocenters. The van der Waals surface area contributed by atoms with Gasteiger partial charge in [-0.15, -0.1) is 10.2 Å². The quantitative estimate of drug-likeness (QED) is 0.206. The molecule has 166 valence electrons. The second-order valence-corrected chi connectivity index (χ2v) is 8.60. The highest BCUT2D eigenvalue weighted by atomic mass is 127. The summed E-state index contributed by atoms with van der Waals surface area (Å²) in [6, 6.07) is 9.94. The highest BCUT2D eigenvalue weighted by Gasteiger charge is 2.18. The number of thioether (sulfide) groups is 1. The molecule has 9 nitrogen and oxygen atoms in total. The van der Waals surface area contributed by atoms with Crippen molar-refractivity contribution in [1.29, 1.82) is 0 Å². The minimum absolute atomic E-state index is 0.0478. The molecule has 1 aromatic heterocycles. The fourth-order valence-electron chi connectivity index (χ4n) is 2.44. The maximum atomic E-state index is 11.8. The van der Waals surface area contributed by atoms with Crippen LogP contribution in [0.1, 0.15) is 5.56 Å². The molecule has 0 saturated heterocycles. The fraction of sp³-hybridized carbons (Fsp3) is 0.100. The zero-order valence-electron chi connectivity index (χ0n) is 16.2. The topological polar surface area (TPSA) is 132 Å². The van der Waals surface area contributed by atoms with Crippen molar-refractivity contribution in [2.45, 2.75) is 5.22 Å². The van der Waals surface area contributed by atoms with Crippen molar-refractivity contribution in [3.63, 3.8) is 0 Å². The van der Waals surface area contributed by atoms with Crippen LogP contribution in [0.25, 0.3) is 17.5 Å². The largest absolute Gasteiger partial charge is 0.493 e. The normalized spacial score (nSPS) is 11.3. The van der Waals surface area contributed by atoms with Gasteiger partial charge >= 0.3 is 11.9 Å². The van der Waals surface area contributed by atoms with Gasteiger partial charge in [0.2, 0.25) is 5.89 Å². The van der Waals surface area contributed by atoms with Gasteiger partial charge in [-0.1, -0.05) is 11.6 Å². The molecule has 3 rings (SSSR count). The summed E-state index contributed by atoms with van der Waals surface area (Å²) in [5.74, 6) is -1.58. The minimum Gasteiger partial charge on any atom is -0.493 e. The lowest BCUT2D eigenvalue weighted by molar-refractivity contribution is -0.139. The van der Waals surface area contributed by atoms with E-state index >= 15 is 0 Å². The number of methoxy groups -OCH3 is 1. The summed E-state index contributed by atoms with van der Waals surface area (Å²) < 4.78 is 16.6. The molecule has 0 bridgehead atoms. The Morgan fingerprint density at radius 3 is 2.56 bits per heavy atom. The predicted octanol–water partition coefficient (Wildman–Crippen LogP) is 4.68. The van der Waals surface area contributed by atoms with Gasteiger partial charge < -0.3 is 24.1 Å². The molecule has 0 aliphatic heterocycles. The first kappa shape index (κ1) is 23.9. The lowest BCUT2D eigenvalue weighted by atomic mass is 10.2. The Morgan fingerprint density at radius 1 is 1.22 bits per heavy atom. The summed E-state index contributed by atoms with van der Waals surface area (Å²) >= 11 is 8.61. The minimum atomic E-state index is -1.19. The molecule has 0 spiro atoms. The van der Waals surface area contributed by atoms with Gasteiger partial charge in [-0.3, -0.25) is 0 Å². The van der Waals surface area contributed by atoms with E-state index in [9.17, 15) is 14.7 Å². The smallest absolute Gasteiger partial charge is 0.342 e. The van der Waals surface area contributed by atoms with E-state index in [-0.39, 0.29) is 27.5 Å². The molecule has 0 saturated carbocycles. The zero-order valence-corrected chi connectivity index (χ0v) is 20.0.